The molecule has 3 nitrogen and oxygen atoms in total. The summed E-state index contributed by atoms with van der Waals surface area (Å²) >= 11 is 1.50. The average Bonchev–Trinajstić information content (AvgIpc) is 2.79. The van der Waals surface area contributed by atoms with Crippen LogP contribution in [0.15, 0.2) is 28.1 Å². The Bertz CT molecular complexity index is 460. The van der Waals surface area contributed by atoms with E-state index >= 15 is 0 Å². The Labute approximate surface area is 105 Å². The molecule has 1 N–H and O–H groups in total. The van der Waals surface area contributed by atoms with Gasteiger partial charge in [-0.3, -0.25) is 0 Å². The van der Waals surface area contributed by atoms with E-state index in [2.05, 4.69) is 4.99 Å². The minimum atomic E-state index is -0.448. The summed E-state index contributed by atoms with van der Waals surface area (Å²) < 4.78 is 0. The average molecular weight is 249 g/mol. The van der Waals surface area contributed by atoms with Crippen molar-refractivity contribution in [1.29, 1.82) is 0 Å². The number of aromatic hydroxyl groups is 1. The van der Waals surface area contributed by atoms with Gasteiger partial charge in [-0.15, -0.1) is 11.8 Å². The number of hydrogen-bond donors (Lipinski definition) is 1. The maximum atomic E-state index is 10.6. The molecule has 1 saturated carbocycles. The molecule has 1 aliphatic carbocycles. The second-order valence-corrected chi connectivity index (χ2v) is 5.18. The molecular weight excluding hydrogens is 234 g/mol. The van der Waals surface area contributed by atoms with Gasteiger partial charge in [0, 0.05) is 4.90 Å². The highest BCUT2D eigenvalue weighted by Crippen LogP contribution is 2.43. The van der Waals surface area contributed by atoms with Gasteiger partial charge in [-0.25, -0.2) is 4.79 Å². The third kappa shape index (κ3) is 2.24. The lowest BCUT2D eigenvalue weighted by molar-refractivity contribution is 0.438. The summed E-state index contributed by atoms with van der Waals surface area (Å²) in [7, 11) is 0. The number of phenolic OH excluding ortho intramolecular Hbond substituents is 1. The van der Waals surface area contributed by atoms with Gasteiger partial charge in [0.2, 0.25) is 6.08 Å². The molecule has 0 aliphatic heterocycles. The van der Waals surface area contributed by atoms with Gasteiger partial charge < -0.3 is 5.11 Å². The number of benzene rings is 1. The van der Waals surface area contributed by atoms with E-state index in [-0.39, 0.29) is 5.75 Å². The number of nitrogens with zero attached hydrogens (tertiary/aromatic N) is 1. The Morgan fingerprint density at radius 1 is 1.41 bits per heavy atom. The van der Waals surface area contributed by atoms with E-state index in [0.717, 1.165) is 36.1 Å². The monoisotopic (exact) mass is 249 g/mol. The van der Waals surface area contributed by atoms with Crippen molar-refractivity contribution >= 4 is 17.8 Å². The largest absolute Gasteiger partial charge is 0.507 e. The van der Waals surface area contributed by atoms with Crippen LogP contribution >= 0.6 is 11.8 Å². The maximum absolute atomic E-state index is 10.6. The quantitative estimate of drug-likeness (QED) is 0.508. The van der Waals surface area contributed by atoms with Crippen LogP contribution in [0.4, 0.5) is 0 Å². The summed E-state index contributed by atoms with van der Waals surface area (Å²) in [6.45, 7) is 0. The van der Waals surface area contributed by atoms with Crippen molar-refractivity contribution in [1.82, 2.24) is 0 Å². The maximum Gasteiger partial charge on any atom is 0.235 e. The Balaban J connectivity index is 2.44. The summed E-state index contributed by atoms with van der Waals surface area (Å²) in [6.07, 6.45) is 7.46. The minimum absolute atomic E-state index is 0.266. The highest BCUT2D eigenvalue weighted by molar-refractivity contribution is 7.98. The van der Waals surface area contributed by atoms with E-state index in [1.165, 1.54) is 11.8 Å². The Kier molecular flexibility index (Phi) is 3.55. The van der Waals surface area contributed by atoms with Crippen LogP contribution in [0.2, 0.25) is 0 Å². The van der Waals surface area contributed by atoms with Crippen molar-refractivity contribution in [3.8, 4) is 5.75 Å². The van der Waals surface area contributed by atoms with Gasteiger partial charge in [0.25, 0.3) is 0 Å². The highest BCUT2D eigenvalue weighted by Gasteiger charge is 2.35. The van der Waals surface area contributed by atoms with Crippen LogP contribution in [0, 0.1) is 0 Å². The van der Waals surface area contributed by atoms with Crippen LogP contribution in [0.3, 0.4) is 0 Å². The van der Waals surface area contributed by atoms with E-state index < -0.39 is 5.54 Å². The number of carbonyl (C=O) groups excluding carboxylic acids is 1. The van der Waals surface area contributed by atoms with Crippen molar-refractivity contribution in [3.05, 3.63) is 23.8 Å². The Morgan fingerprint density at radius 2 is 2.12 bits per heavy atom. The molecule has 2 rings (SSSR count). The molecule has 1 aromatic rings. The van der Waals surface area contributed by atoms with Crippen molar-refractivity contribution in [2.45, 2.75) is 36.1 Å². The predicted molar refractivity (Wildman–Crippen MR) is 68.2 cm³/mol. The van der Waals surface area contributed by atoms with Crippen LogP contribution in [0.5, 0.6) is 5.75 Å². The van der Waals surface area contributed by atoms with Crippen molar-refractivity contribution < 1.29 is 9.90 Å². The van der Waals surface area contributed by atoms with Gasteiger partial charge in [0.1, 0.15) is 5.75 Å². The second-order valence-electron chi connectivity index (χ2n) is 4.33. The standard InChI is InChI=1S/C13H15NO2S/c1-17-12-5-4-10(8-11(12)16)13(14-9-15)6-2-3-7-13/h4-5,8,16H,2-3,6-7H2,1H3. The first-order valence-corrected chi connectivity index (χ1v) is 6.91. The molecular formula is C13H15NO2S. The smallest absolute Gasteiger partial charge is 0.235 e. The first kappa shape index (κ1) is 12.2. The first-order chi connectivity index (χ1) is 8.22. The normalized spacial score (nSPS) is 17.7. The van der Waals surface area contributed by atoms with Crippen LogP contribution < -0.4 is 0 Å². The molecule has 0 unspecified atom stereocenters. The molecule has 1 fully saturated rings. The molecule has 0 bridgehead atoms. The summed E-state index contributed by atoms with van der Waals surface area (Å²) in [6, 6.07) is 5.57. The molecule has 90 valence electrons. The fraction of sp³-hybridized carbons (Fsp3) is 0.462. The first-order valence-electron chi connectivity index (χ1n) is 5.68. The van der Waals surface area contributed by atoms with Gasteiger partial charge in [0.15, 0.2) is 0 Å². The molecule has 0 aromatic heterocycles. The van der Waals surface area contributed by atoms with Gasteiger partial charge in [0.05, 0.1) is 5.54 Å². The summed E-state index contributed by atoms with van der Waals surface area (Å²) in [5.74, 6) is 0.266. The van der Waals surface area contributed by atoms with E-state index in [1.807, 2.05) is 18.4 Å². The predicted octanol–water partition coefficient (Wildman–Crippen LogP) is 3.22. The molecule has 4 heteroatoms. The highest BCUT2D eigenvalue weighted by atomic mass is 32.2. The Hall–Kier alpha value is -1.25. The number of rotatable bonds is 3. The van der Waals surface area contributed by atoms with E-state index in [9.17, 15) is 9.90 Å². The van der Waals surface area contributed by atoms with Gasteiger partial charge >= 0.3 is 0 Å². The third-order valence-corrected chi connectivity index (χ3v) is 4.19. The molecule has 0 saturated heterocycles. The summed E-state index contributed by atoms with van der Waals surface area (Å²) in [5.41, 5.74) is 0.476. The number of phenols is 1. The van der Waals surface area contributed by atoms with Gasteiger partial charge in [-0.05, 0) is 36.8 Å². The lowest BCUT2D eigenvalue weighted by Crippen LogP contribution is -2.18. The zero-order chi connectivity index (χ0) is 12.3. The molecule has 0 amide bonds. The number of aliphatic imine (C=N–C) groups is 1. The van der Waals surface area contributed by atoms with Crippen LogP contribution in [-0.2, 0) is 10.3 Å². The summed E-state index contributed by atoms with van der Waals surface area (Å²) in [5, 5.41) is 9.87. The molecule has 1 aromatic carbocycles. The fourth-order valence-electron chi connectivity index (χ4n) is 2.49. The fourth-order valence-corrected chi connectivity index (χ4v) is 2.96. The van der Waals surface area contributed by atoms with Crippen molar-refractivity contribution in [3.63, 3.8) is 0 Å². The number of hydrogen-bond acceptors (Lipinski definition) is 4. The van der Waals surface area contributed by atoms with Crippen LogP contribution in [-0.4, -0.2) is 17.4 Å². The number of thioether (sulfide) groups is 1. The lowest BCUT2D eigenvalue weighted by Gasteiger charge is -2.23. The van der Waals surface area contributed by atoms with E-state index in [4.69, 9.17) is 0 Å². The summed E-state index contributed by atoms with van der Waals surface area (Å²) in [4.78, 5) is 15.4. The number of isocyanates is 1. The molecule has 0 heterocycles. The zero-order valence-electron chi connectivity index (χ0n) is 9.77. The van der Waals surface area contributed by atoms with Crippen LogP contribution in [0.25, 0.3) is 0 Å². The van der Waals surface area contributed by atoms with E-state index in [0.29, 0.717) is 0 Å². The zero-order valence-corrected chi connectivity index (χ0v) is 10.6. The SMILES string of the molecule is CSc1ccc(C2(N=C=O)CCCC2)cc1O. The lowest BCUT2D eigenvalue weighted by atomic mass is 9.89. The van der Waals surface area contributed by atoms with E-state index in [1.54, 1.807) is 12.1 Å². The second kappa shape index (κ2) is 4.94. The molecule has 17 heavy (non-hydrogen) atoms. The molecule has 0 atom stereocenters. The van der Waals surface area contributed by atoms with Crippen molar-refractivity contribution in [2.75, 3.05) is 6.26 Å². The van der Waals surface area contributed by atoms with Crippen LogP contribution in [0.1, 0.15) is 31.2 Å². The molecule has 0 radical (unpaired) electrons. The van der Waals surface area contributed by atoms with Gasteiger partial charge in [-0.1, -0.05) is 18.9 Å². The minimum Gasteiger partial charge on any atom is -0.507 e. The molecule has 0 spiro atoms. The molecule has 1 aliphatic rings. The van der Waals surface area contributed by atoms with Crippen molar-refractivity contribution in [2.24, 2.45) is 4.99 Å². The third-order valence-electron chi connectivity index (χ3n) is 3.41. The van der Waals surface area contributed by atoms with Gasteiger partial charge in [-0.2, -0.15) is 4.99 Å². The Morgan fingerprint density at radius 3 is 2.65 bits per heavy atom. The topological polar surface area (TPSA) is 49.7 Å².